The average molecular weight is 213 g/mol. The third-order valence-corrected chi connectivity index (χ3v) is 3.47. The van der Waals surface area contributed by atoms with Crippen molar-refractivity contribution in [2.75, 3.05) is 59.4 Å². The van der Waals surface area contributed by atoms with Crippen LogP contribution in [0.25, 0.3) is 0 Å². The molecule has 0 atom stereocenters. The lowest BCUT2D eigenvalue weighted by molar-refractivity contribution is 0.133. The van der Waals surface area contributed by atoms with E-state index >= 15 is 0 Å². The first-order chi connectivity index (χ1) is 7.26. The Bertz CT molecular complexity index is 153. The predicted molar refractivity (Wildman–Crippen MR) is 66.3 cm³/mol. The molecule has 0 unspecified atom stereocenters. The highest BCUT2D eigenvalue weighted by molar-refractivity contribution is 4.70. The number of hydrogen-bond donors (Lipinski definition) is 0. The Hall–Kier alpha value is -0.120. The molecular formula is C12H27N3. The van der Waals surface area contributed by atoms with Crippen LogP contribution in [-0.2, 0) is 0 Å². The van der Waals surface area contributed by atoms with E-state index in [0.717, 1.165) is 0 Å². The summed E-state index contributed by atoms with van der Waals surface area (Å²) in [7, 11) is 2.20. The van der Waals surface area contributed by atoms with Crippen LogP contribution >= 0.6 is 0 Å². The molecule has 0 saturated carbocycles. The van der Waals surface area contributed by atoms with Gasteiger partial charge in [0.25, 0.3) is 0 Å². The maximum atomic E-state index is 2.61. The fraction of sp³-hybridized carbons (Fsp3) is 1.00. The monoisotopic (exact) mass is 213 g/mol. The normalized spacial score (nSPS) is 20.0. The van der Waals surface area contributed by atoms with Crippen molar-refractivity contribution in [3.05, 3.63) is 0 Å². The van der Waals surface area contributed by atoms with Crippen molar-refractivity contribution in [3.8, 4) is 0 Å². The molecule has 0 aromatic rings. The Labute approximate surface area is 95.0 Å². The number of likely N-dealkylation sites (N-methyl/N-ethyl adjacent to an activating group) is 1. The number of hydrogen-bond acceptors (Lipinski definition) is 3. The molecule has 0 bridgehead atoms. The van der Waals surface area contributed by atoms with E-state index in [1.54, 1.807) is 0 Å². The molecule has 0 amide bonds. The van der Waals surface area contributed by atoms with Gasteiger partial charge >= 0.3 is 0 Å². The Balaban J connectivity index is 2.03. The summed E-state index contributed by atoms with van der Waals surface area (Å²) in [5, 5.41) is 0. The zero-order valence-corrected chi connectivity index (χ0v) is 10.7. The van der Waals surface area contributed by atoms with Gasteiger partial charge in [-0.2, -0.15) is 0 Å². The van der Waals surface area contributed by atoms with Crippen molar-refractivity contribution < 1.29 is 0 Å². The van der Waals surface area contributed by atoms with Gasteiger partial charge in [-0.3, -0.25) is 0 Å². The van der Waals surface area contributed by atoms with Crippen LogP contribution in [0.3, 0.4) is 0 Å². The summed E-state index contributed by atoms with van der Waals surface area (Å²) < 4.78 is 0. The number of piperazine rings is 1. The Morgan fingerprint density at radius 1 is 1.00 bits per heavy atom. The second kappa shape index (κ2) is 7.20. The lowest BCUT2D eigenvalue weighted by atomic mass is 10.3. The molecule has 0 aliphatic carbocycles. The third-order valence-electron chi connectivity index (χ3n) is 3.47. The Kier molecular flexibility index (Phi) is 6.22. The summed E-state index contributed by atoms with van der Waals surface area (Å²) in [6, 6.07) is 0. The lowest BCUT2D eigenvalue weighted by Gasteiger charge is -2.34. The molecule has 1 aliphatic heterocycles. The highest BCUT2D eigenvalue weighted by atomic mass is 15.3. The number of rotatable bonds is 6. The van der Waals surface area contributed by atoms with E-state index in [-0.39, 0.29) is 0 Å². The summed E-state index contributed by atoms with van der Waals surface area (Å²) in [6.45, 7) is 14.4. The van der Waals surface area contributed by atoms with E-state index in [0.29, 0.717) is 0 Å². The SMILES string of the molecule is CCN(C)CCCN1CCN(CC)CC1. The van der Waals surface area contributed by atoms with Gasteiger partial charge in [0.2, 0.25) is 0 Å². The summed E-state index contributed by atoms with van der Waals surface area (Å²) in [6.07, 6.45) is 1.32. The molecule has 0 radical (unpaired) electrons. The molecule has 0 spiro atoms. The minimum atomic E-state index is 1.17. The quantitative estimate of drug-likeness (QED) is 0.651. The van der Waals surface area contributed by atoms with E-state index in [1.807, 2.05) is 0 Å². The van der Waals surface area contributed by atoms with Gasteiger partial charge in [0.05, 0.1) is 0 Å². The minimum Gasteiger partial charge on any atom is -0.307 e. The topological polar surface area (TPSA) is 9.72 Å². The summed E-state index contributed by atoms with van der Waals surface area (Å²) in [4.78, 5) is 7.53. The molecule has 15 heavy (non-hydrogen) atoms. The fourth-order valence-electron chi connectivity index (χ4n) is 2.05. The smallest absolute Gasteiger partial charge is 0.0110 e. The first-order valence-electron chi connectivity index (χ1n) is 6.39. The van der Waals surface area contributed by atoms with Crippen molar-refractivity contribution in [2.24, 2.45) is 0 Å². The first-order valence-corrected chi connectivity index (χ1v) is 6.39. The van der Waals surface area contributed by atoms with E-state index in [2.05, 4.69) is 35.6 Å². The van der Waals surface area contributed by atoms with Crippen LogP contribution in [-0.4, -0.2) is 74.1 Å². The number of nitrogens with zero attached hydrogens (tertiary/aromatic N) is 3. The largest absolute Gasteiger partial charge is 0.307 e. The zero-order chi connectivity index (χ0) is 11.1. The highest BCUT2D eigenvalue weighted by Crippen LogP contribution is 2.02. The van der Waals surface area contributed by atoms with Crippen LogP contribution in [0, 0.1) is 0 Å². The third kappa shape index (κ3) is 4.96. The minimum absolute atomic E-state index is 1.17. The van der Waals surface area contributed by atoms with Crippen LogP contribution in [0.4, 0.5) is 0 Å². The van der Waals surface area contributed by atoms with E-state index in [1.165, 1.54) is 58.8 Å². The van der Waals surface area contributed by atoms with Crippen molar-refractivity contribution in [2.45, 2.75) is 20.3 Å². The standard InChI is InChI=1S/C12H27N3/c1-4-13(3)7-6-8-15-11-9-14(5-2)10-12-15/h4-12H2,1-3H3. The molecule has 0 aromatic carbocycles. The second-order valence-electron chi connectivity index (χ2n) is 4.53. The molecule has 1 heterocycles. The summed E-state index contributed by atoms with van der Waals surface area (Å²) in [5.41, 5.74) is 0. The summed E-state index contributed by atoms with van der Waals surface area (Å²) in [5.74, 6) is 0. The van der Waals surface area contributed by atoms with E-state index in [4.69, 9.17) is 0 Å². The van der Waals surface area contributed by atoms with Crippen LogP contribution in [0.1, 0.15) is 20.3 Å². The summed E-state index contributed by atoms with van der Waals surface area (Å²) >= 11 is 0. The van der Waals surface area contributed by atoms with Gasteiger partial charge in [0, 0.05) is 26.2 Å². The van der Waals surface area contributed by atoms with E-state index in [9.17, 15) is 0 Å². The zero-order valence-electron chi connectivity index (χ0n) is 10.7. The van der Waals surface area contributed by atoms with Gasteiger partial charge in [-0.15, -0.1) is 0 Å². The molecule has 0 aromatic heterocycles. The van der Waals surface area contributed by atoms with Gasteiger partial charge in [0.1, 0.15) is 0 Å². The Morgan fingerprint density at radius 2 is 1.60 bits per heavy atom. The molecular weight excluding hydrogens is 186 g/mol. The van der Waals surface area contributed by atoms with Gasteiger partial charge in [-0.05, 0) is 39.6 Å². The first kappa shape index (κ1) is 12.9. The van der Waals surface area contributed by atoms with Gasteiger partial charge in [0.15, 0.2) is 0 Å². The molecule has 1 aliphatic rings. The van der Waals surface area contributed by atoms with Crippen molar-refractivity contribution >= 4 is 0 Å². The van der Waals surface area contributed by atoms with E-state index < -0.39 is 0 Å². The fourth-order valence-corrected chi connectivity index (χ4v) is 2.05. The van der Waals surface area contributed by atoms with Crippen LogP contribution < -0.4 is 0 Å². The molecule has 0 N–H and O–H groups in total. The van der Waals surface area contributed by atoms with Gasteiger partial charge in [-0.25, -0.2) is 0 Å². The van der Waals surface area contributed by atoms with Crippen LogP contribution in [0.5, 0.6) is 0 Å². The molecule has 1 fully saturated rings. The van der Waals surface area contributed by atoms with Gasteiger partial charge in [-0.1, -0.05) is 13.8 Å². The molecule has 1 rings (SSSR count). The maximum absolute atomic E-state index is 2.61. The predicted octanol–water partition coefficient (Wildman–Crippen LogP) is 0.966. The lowest BCUT2D eigenvalue weighted by Crippen LogP contribution is -2.46. The Morgan fingerprint density at radius 3 is 2.13 bits per heavy atom. The molecule has 3 nitrogen and oxygen atoms in total. The molecule has 1 saturated heterocycles. The van der Waals surface area contributed by atoms with Crippen molar-refractivity contribution in [3.63, 3.8) is 0 Å². The average Bonchev–Trinajstić information content (AvgIpc) is 2.29. The molecule has 90 valence electrons. The molecule has 3 heteroatoms. The van der Waals surface area contributed by atoms with Crippen LogP contribution in [0.2, 0.25) is 0 Å². The maximum Gasteiger partial charge on any atom is 0.0110 e. The van der Waals surface area contributed by atoms with Crippen LogP contribution in [0.15, 0.2) is 0 Å². The second-order valence-corrected chi connectivity index (χ2v) is 4.53. The van der Waals surface area contributed by atoms with Crippen molar-refractivity contribution in [1.82, 2.24) is 14.7 Å². The highest BCUT2D eigenvalue weighted by Gasteiger charge is 2.14. The van der Waals surface area contributed by atoms with Gasteiger partial charge < -0.3 is 14.7 Å². The van der Waals surface area contributed by atoms with Crippen molar-refractivity contribution in [1.29, 1.82) is 0 Å².